The lowest BCUT2D eigenvalue weighted by molar-refractivity contribution is 0.343. The first-order valence-electron chi connectivity index (χ1n) is 10.2. The van der Waals surface area contributed by atoms with Crippen molar-refractivity contribution in [3.8, 4) is 0 Å². The molecule has 3 N–H and O–H groups in total. The third-order valence-corrected chi connectivity index (χ3v) is 8.45. The van der Waals surface area contributed by atoms with Gasteiger partial charge in [0.05, 0.1) is 5.25 Å². The lowest BCUT2D eigenvalue weighted by atomic mass is 10.0. The van der Waals surface area contributed by atoms with E-state index in [2.05, 4.69) is 42.3 Å². The average Bonchev–Trinajstić information content (AvgIpc) is 3.23. The molecule has 0 saturated heterocycles. The first kappa shape index (κ1) is 23.2. The lowest BCUT2D eigenvalue weighted by Gasteiger charge is -2.13. The number of aryl methyl sites for hydroxylation is 1. The molecule has 0 saturated carbocycles. The molecule has 0 fully saturated rings. The Bertz CT molecular complexity index is 1300. The van der Waals surface area contributed by atoms with Gasteiger partial charge < -0.3 is 10.3 Å². The number of nitrogens with two attached hydrogens (primary N) is 1. The van der Waals surface area contributed by atoms with Gasteiger partial charge in [0.2, 0.25) is 10.0 Å². The standard InChI is InChI=1S/C20H23F2IN6O2S/c1-10(2)32(30,31)25-5-6-29-16(26-17-18(24)27-20(22)28-19(17)29)9-12-7-13-11(8-15(12)23)3-4-14(13)21/h7-8,10,14,25H,3-6,9H2,1-2H3,(H2,24,27,28). The lowest BCUT2D eigenvalue weighted by Crippen LogP contribution is -2.33. The number of hydrogen-bond donors (Lipinski definition) is 2. The number of anilines is 1. The SMILES string of the molecule is CC(C)S(=O)(=O)NCCn1c(Cc2cc3c(cc2I)CCC3F)nc2c(N)nc(F)nc21. The molecular weight excluding hydrogens is 553 g/mol. The van der Waals surface area contributed by atoms with E-state index in [1.165, 1.54) is 0 Å². The van der Waals surface area contributed by atoms with Crippen LogP contribution in [-0.4, -0.2) is 39.7 Å². The van der Waals surface area contributed by atoms with E-state index in [0.717, 1.165) is 14.7 Å². The molecule has 32 heavy (non-hydrogen) atoms. The molecular formula is C20H23F2IN6O2S. The van der Waals surface area contributed by atoms with Gasteiger partial charge in [-0.05, 0) is 72.0 Å². The van der Waals surface area contributed by atoms with Gasteiger partial charge in [0.25, 0.3) is 0 Å². The van der Waals surface area contributed by atoms with Crippen LogP contribution in [0.2, 0.25) is 0 Å². The van der Waals surface area contributed by atoms with Crippen molar-refractivity contribution < 1.29 is 17.2 Å². The number of hydrogen-bond acceptors (Lipinski definition) is 6. The van der Waals surface area contributed by atoms with Crippen molar-refractivity contribution in [2.45, 2.75) is 51.1 Å². The number of benzene rings is 1. The molecule has 12 heteroatoms. The van der Waals surface area contributed by atoms with E-state index in [0.29, 0.717) is 30.7 Å². The summed E-state index contributed by atoms with van der Waals surface area (Å²) in [6.07, 6.45) is -0.452. The molecule has 0 spiro atoms. The Balaban J connectivity index is 1.72. The summed E-state index contributed by atoms with van der Waals surface area (Å²) in [6.45, 7) is 3.40. The third kappa shape index (κ3) is 4.44. The summed E-state index contributed by atoms with van der Waals surface area (Å²) in [4.78, 5) is 11.9. The fourth-order valence-corrected chi connectivity index (χ4v) is 5.24. The van der Waals surface area contributed by atoms with Crippen LogP contribution in [0, 0.1) is 9.65 Å². The maximum Gasteiger partial charge on any atom is 0.312 e. The highest BCUT2D eigenvalue weighted by Gasteiger charge is 2.25. The van der Waals surface area contributed by atoms with Gasteiger partial charge in [-0.1, -0.05) is 6.07 Å². The molecule has 1 unspecified atom stereocenters. The van der Waals surface area contributed by atoms with Crippen molar-refractivity contribution in [3.05, 3.63) is 44.3 Å². The summed E-state index contributed by atoms with van der Waals surface area (Å²) in [5.41, 5.74) is 8.88. The average molecular weight is 576 g/mol. The van der Waals surface area contributed by atoms with E-state index in [-0.39, 0.29) is 30.1 Å². The third-order valence-electron chi connectivity index (χ3n) is 5.59. The smallest absolute Gasteiger partial charge is 0.312 e. The Morgan fingerprint density at radius 3 is 2.78 bits per heavy atom. The minimum absolute atomic E-state index is 0.0678. The first-order valence-corrected chi connectivity index (χ1v) is 12.8. The van der Waals surface area contributed by atoms with E-state index in [9.17, 15) is 17.2 Å². The molecule has 0 aliphatic heterocycles. The van der Waals surface area contributed by atoms with Crippen LogP contribution < -0.4 is 10.5 Å². The van der Waals surface area contributed by atoms with Crippen LogP contribution in [0.1, 0.15) is 49.0 Å². The van der Waals surface area contributed by atoms with E-state index in [1.807, 2.05) is 12.1 Å². The number of fused-ring (bicyclic) bond motifs is 2. The molecule has 1 aliphatic carbocycles. The molecule has 172 valence electrons. The van der Waals surface area contributed by atoms with Crippen molar-refractivity contribution in [1.29, 1.82) is 0 Å². The van der Waals surface area contributed by atoms with E-state index >= 15 is 0 Å². The topological polar surface area (TPSA) is 116 Å². The van der Waals surface area contributed by atoms with Crippen LogP contribution in [0.15, 0.2) is 12.1 Å². The molecule has 0 radical (unpaired) electrons. The molecule has 4 rings (SSSR count). The Kier molecular flexibility index (Phi) is 6.38. The van der Waals surface area contributed by atoms with Crippen molar-refractivity contribution >= 4 is 49.6 Å². The predicted molar refractivity (Wildman–Crippen MR) is 126 cm³/mol. The van der Waals surface area contributed by atoms with Gasteiger partial charge in [0.15, 0.2) is 17.0 Å². The summed E-state index contributed by atoms with van der Waals surface area (Å²) >= 11 is 2.21. The van der Waals surface area contributed by atoms with Gasteiger partial charge in [-0.2, -0.15) is 14.4 Å². The van der Waals surface area contributed by atoms with Crippen LogP contribution in [0.5, 0.6) is 0 Å². The zero-order valence-electron chi connectivity index (χ0n) is 17.6. The Hall–Kier alpha value is -1.93. The number of nitrogens with one attached hydrogen (secondary N) is 1. The summed E-state index contributed by atoms with van der Waals surface area (Å²) in [5.74, 6) is 0.421. The summed E-state index contributed by atoms with van der Waals surface area (Å²) in [5, 5.41) is -0.585. The Morgan fingerprint density at radius 2 is 2.06 bits per heavy atom. The largest absolute Gasteiger partial charge is 0.382 e. The Labute approximate surface area is 198 Å². The van der Waals surface area contributed by atoms with Crippen LogP contribution in [0.3, 0.4) is 0 Å². The maximum atomic E-state index is 14.3. The predicted octanol–water partition coefficient (Wildman–Crippen LogP) is 3.03. The second-order valence-corrected chi connectivity index (χ2v) is 11.5. The highest BCUT2D eigenvalue weighted by Crippen LogP contribution is 2.36. The van der Waals surface area contributed by atoms with E-state index in [4.69, 9.17) is 5.73 Å². The number of imidazole rings is 1. The van der Waals surface area contributed by atoms with Crippen molar-refractivity contribution in [3.63, 3.8) is 0 Å². The number of aromatic nitrogens is 4. The number of alkyl halides is 1. The van der Waals surface area contributed by atoms with Crippen LogP contribution >= 0.6 is 22.6 Å². The van der Waals surface area contributed by atoms with Crippen molar-refractivity contribution in [1.82, 2.24) is 24.2 Å². The zero-order valence-corrected chi connectivity index (χ0v) is 20.5. The minimum atomic E-state index is -3.47. The molecule has 0 bridgehead atoms. The number of sulfonamides is 1. The van der Waals surface area contributed by atoms with Gasteiger partial charge in [0, 0.05) is 23.1 Å². The fourth-order valence-electron chi connectivity index (χ4n) is 3.81. The number of halogens is 3. The van der Waals surface area contributed by atoms with Crippen LogP contribution in [0.4, 0.5) is 14.6 Å². The number of nitrogens with zero attached hydrogens (tertiary/aromatic N) is 4. The highest BCUT2D eigenvalue weighted by molar-refractivity contribution is 14.1. The number of nitrogen functional groups attached to an aromatic ring is 1. The fraction of sp³-hybridized carbons (Fsp3) is 0.450. The molecule has 1 aromatic carbocycles. The monoisotopic (exact) mass is 576 g/mol. The number of rotatable bonds is 7. The molecule has 1 aliphatic rings. The van der Waals surface area contributed by atoms with Crippen LogP contribution in [0.25, 0.3) is 11.2 Å². The quantitative estimate of drug-likeness (QED) is 0.330. The van der Waals surface area contributed by atoms with E-state index < -0.39 is 27.5 Å². The zero-order chi connectivity index (χ0) is 23.2. The van der Waals surface area contributed by atoms with Gasteiger partial charge in [-0.15, -0.1) is 0 Å². The molecule has 2 aromatic heterocycles. The molecule has 8 nitrogen and oxygen atoms in total. The summed E-state index contributed by atoms with van der Waals surface area (Å²) in [7, 11) is -3.47. The molecule has 1 atom stereocenters. The summed E-state index contributed by atoms with van der Waals surface area (Å²) < 4.78 is 57.5. The molecule has 3 aromatic rings. The molecule has 2 heterocycles. The summed E-state index contributed by atoms with van der Waals surface area (Å²) in [6, 6.07) is 3.85. The second kappa shape index (κ2) is 8.78. The van der Waals surface area contributed by atoms with Gasteiger partial charge >= 0.3 is 6.08 Å². The maximum absolute atomic E-state index is 14.3. The highest BCUT2D eigenvalue weighted by atomic mass is 127. The van der Waals surface area contributed by atoms with Gasteiger partial charge in [-0.25, -0.2) is 22.5 Å². The normalized spacial score (nSPS) is 16.2. The minimum Gasteiger partial charge on any atom is -0.382 e. The second-order valence-electron chi connectivity index (χ2n) is 8.04. The Morgan fingerprint density at radius 1 is 1.31 bits per heavy atom. The van der Waals surface area contributed by atoms with Gasteiger partial charge in [0.1, 0.15) is 12.0 Å². The van der Waals surface area contributed by atoms with Crippen molar-refractivity contribution in [2.75, 3.05) is 12.3 Å². The van der Waals surface area contributed by atoms with Crippen LogP contribution in [-0.2, 0) is 29.4 Å². The van der Waals surface area contributed by atoms with Gasteiger partial charge in [-0.3, -0.25) is 0 Å². The van der Waals surface area contributed by atoms with Crippen molar-refractivity contribution in [2.24, 2.45) is 0 Å². The molecule has 0 amide bonds. The first-order chi connectivity index (χ1) is 15.1. The van der Waals surface area contributed by atoms with E-state index in [1.54, 1.807) is 18.4 Å².